The topological polar surface area (TPSA) is 65.8 Å². The highest BCUT2D eigenvalue weighted by molar-refractivity contribution is 5.82. The number of ether oxygens (including phenoxy) is 3. The minimum absolute atomic E-state index is 0.167. The fourth-order valence-corrected chi connectivity index (χ4v) is 3.58. The first-order chi connectivity index (χ1) is 11.7. The average molecular weight is 331 g/mol. The van der Waals surface area contributed by atoms with Crippen LogP contribution in [0, 0.1) is 0 Å². The largest absolute Gasteiger partial charge is 0.468 e. The molecule has 2 saturated heterocycles. The molecule has 0 N–H and O–H groups in total. The second-order valence-corrected chi connectivity index (χ2v) is 6.30. The predicted molar refractivity (Wildman–Crippen MR) is 86.3 cm³/mol. The van der Waals surface area contributed by atoms with Crippen LogP contribution in [0.15, 0.2) is 24.5 Å². The number of aromatic nitrogens is 2. The highest BCUT2D eigenvalue weighted by atomic mass is 16.7. The molecule has 2 aliphatic rings. The van der Waals surface area contributed by atoms with Gasteiger partial charge in [-0.25, -0.2) is 4.98 Å². The zero-order valence-corrected chi connectivity index (χ0v) is 13.7. The molecule has 24 heavy (non-hydrogen) atoms. The van der Waals surface area contributed by atoms with Crippen LogP contribution >= 0.6 is 0 Å². The van der Waals surface area contributed by atoms with E-state index in [2.05, 4.69) is 9.88 Å². The van der Waals surface area contributed by atoms with Gasteiger partial charge in [0.25, 0.3) is 0 Å². The van der Waals surface area contributed by atoms with Crippen LogP contribution in [0.5, 0.6) is 0 Å². The molecule has 0 radical (unpaired) electrons. The van der Waals surface area contributed by atoms with Gasteiger partial charge in [0.2, 0.25) is 0 Å². The summed E-state index contributed by atoms with van der Waals surface area (Å²) >= 11 is 0. The summed E-state index contributed by atoms with van der Waals surface area (Å²) in [7, 11) is 1.40. The van der Waals surface area contributed by atoms with E-state index in [1.807, 2.05) is 22.9 Å². The molecular weight excluding hydrogens is 310 g/mol. The van der Waals surface area contributed by atoms with Crippen molar-refractivity contribution in [2.45, 2.75) is 25.3 Å². The SMILES string of the molecule is COC(=O)Cn1cc(CN2CCC3(C2)OCCO3)c2cccnc21. The molecule has 0 aromatic carbocycles. The molecule has 0 bridgehead atoms. The number of likely N-dealkylation sites (tertiary alicyclic amines) is 1. The molecule has 2 fully saturated rings. The van der Waals surface area contributed by atoms with E-state index >= 15 is 0 Å². The van der Waals surface area contributed by atoms with Crippen molar-refractivity contribution in [2.24, 2.45) is 0 Å². The van der Waals surface area contributed by atoms with Gasteiger partial charge in [0.05, 0.1) is 26.9 Å². The van der Waals surface area contributed by atoms with Gasteiger partial charge >= 0.3 is 5.97 Å². The van der Waals surface area contributed by atoms with E-state index in [1.54, 1.807) is 6.20 Å². The molecule has 0 amide bonds. The fraction of sp³-hybridized carbons (Fsp3) is 0.529. The van der Waals surface area contributed by atoms with E-state index < -0.39 is 5.79 Å². The molecule has 0 saturated carbocycles. The van der Waals surface area contributed by atoms with E-state index in [0.717, 1.165) is 42.7 Å². The van der Waals surface area contributed by atoms with Crippen molar-refractivity contribution in [1.29, 1.82) is 0 Å². The van der Waals surface area contributed by atoms with E-state index in [-0.39, 0.29) is 12.5 Å². The Hall–Kier alpha value is -1.96. The first-order valence-corrected chi connectivity index (χ1v) is 8.19. The highest BCUT2D eigenvalue weighted by Crippen LogP contribution is 2.32. The molecule has 2 aliphatic heterocycles. The Bertz CT molecular complexity index is 751. The molecule has 128 valence electrons. The van der Waals surface area contributed by atoms with Crippen LogP contribution in [-0.2, 0) is 32.1 Å². The van der Waals surface area contributed by atoms with Crippen LogP contribution in [0.25, 0.3) is 11.0 Å². The van der Waals surface area contributed by atoms with Gasteiger partial charge in [0, 0.05) is 37.3 Å². The summed E-state index contributed by atoms with van der Waals surface area (Å²) < 4.78 is 18.2. The second kappa shape index (κ2) is 6.16. The molecule has 7 heteroatoms. The lowest BCUT2D eigenvalue weighted by Gasteiger charge is -2.22. The minimum Gasteiger partial charge on any atom is -0.468 e. The van der Waals surface area contributed by atoms with Crippen LogP contribution in [0.2, 0.25) is 0 Å². The number of hydrogen-bond donors (Lipinski definition) is 0. The standard InChI is InChI=1S/C17H21N3O4/c1-22-15(21)11-20-10-13(14-3-2-5-18-16(14)20)9-19-6-4-17(12-19)23-7-8-24-17/h2-3,5,10H,4,6-9,11-12H2,1H3. The predicted octanol–water partition coefficient (Wildman–Crippen LogP) is 1.16. The third kappa shape index (κ3) is 2.79. The van der Waals surface area contributed by atoms with Gasteiger partial charge in [0.15, 0.2) is 5.79 Å². The molecule has 7 nitrogen and oxygen atoms in total. The number of pyridine rings is 1. The molecule has 0 unspecified atom stereocenters. The first kappa shape index (κ1) is 15.6. The molecular formula is C17H21N3O4. The fourth-order valence-electron chi connectivity index (χ4n) is 3.58. The number of rotatable bonds is 4. The molecule has 0 atom stereocenters. The molecule has 1 spiro atoms. The van der Waals surface area contributed by atoms with Crippen LogP contribution < -0.4 is 0 Å². The maximum Gasteiger partial charge on any atom is 0.325 e. The number of carbonyl (C=O) groups excluding carboxylic acids is 1. The monoisotopic (exact) mass is 331 g/mol. The lowest BCUT2D eigenvalue weighted by molar-refractivity contribution is -0.145. The van der Waals surface area contributed by atoms with Gasteiger partial charge in [0.1, 0.15) is 12.2 Å². The lowest BCUT2D eigenvalue weighted by Crippen LogP contribution is -2.34. The average Bonchev–Trinajstić information content (AvgIpc) is 3.30. The minimum atomic E-state index is -0.414. The van der Waals surface area contributed by atoms with E-state index in [4.69, 9.17) is 14.2 Å². The molecule has 4 rings (SSSR count). The number of carbonyl (C=O) groups is 1. The maximum atomic E-state index is 11.6. The Morgan fingerprint density at radius 2 is 2.25 bits per heavy atom. The van der Waals surface area contributed by atoms with Crippen molar-refractivity contribution in [2.75, 3.05) is 33.4 Å². The van der Waals surface area contributed by atoms with Crippen LogP contribution in [0.3, 0.4) is 0 Å². The van der Waals surface area contributed by atoms with E-state index in [1.165, 1.54) is 7.11 Å². The van der Waals surface area contributed by atoms with Crippen molar-refractivity contribution in [3.63, 3.8) is 0 Å². The third-order valence-corrected chi connectivity index (χ3v) is 4.72. The summed E-state index contributed by atoms with van der Waals surface area (Å²) in [5, 5.41) is 1.07. The molecule has 0 aliphatic carbocycles. The van der Waals surface area contributed by atoms with Crippen LogP contribution in [-0.4, -0.2) is 59.6 Å². The van der Waals surface area contributed by atoms with Crippen molar-refractivity contribution in [1.82, 2.24) is 14.5 Å². The number of fused-ring (bicyclic) bond motifs is 1. The molecule has 2 aromatic rings. The summed E-state index contributed by atoms with van der Waals surface area (Å²) in [6, 6.07) is 3.96. The summed E-state index contributed by atoms with van der Waals surface area (Å²) in [5.74, 6) is -0.695. The highest BCUT2D eigenvalue weighted by Gasteiger charge is 2.43. The zero-order valence-electron chi connectivity index (χ0n) is 13.7. The Morgan fingerprint density at radius 1 is 1.42 bits per heavy atom. The van der Waals surface area contributed by atoms with Crippen molar-refractivity contribution < 1.29 is 19.0 Å². The van der Waals surface area contributed by atoms with E-state index in [0.29, 0.717) is 13.2 Å². The Kier molecular flexibility index (Phi) is 3.99. The summed E-state index contributed by atoms with van der Waals surface area (Å²) in [5.41, 5.74) is 1.96. The van der Waals surface area contributed by atoms with Gasteiger partial charge in [-0.15, -0.1) is 0 Å². The summed E-state index contributed by atoms with van der Waals surface area (Å²) in [6.45, 7) is 4.01. The molecule has 2 aromatic heterocycles. The number of esters is 1. The van der Waals surface area contributed by atoms with Crippen LogP contribution in [0.1, 0.15) is 12.0 Å². The van der Waals surface area contributed by atoms with Gasteiger partial charge in [-0.2, -0.15) is 0 Å². The molecule has 4 heterocycles. The van der Waals surface area contributed by atoms with Gasteiger partial charge in [-0.3, -0.25) is 9.69 Å². The second-order valence-electron chi connectivity index (χ2n) is 6.30. The Labute approximate surface area is 140 Å². The maximum absolute atomic E-state index is 11.6. The van der Waals surface area contributed by atoms with Gasteiger partial charge < -0.3 is 18.8 Å². The van der Waals surface area contributed by atoms with Gasteiger partial charge in [-0.05, 0) is 17.7 Å². The van der Waals surface area contributed by atoms with Crippen molar-refractivity contribution in [3.05, 3.63) is 30.1 Å². The zero-order chi connectivity index (χ0) is 16.6. The van der Waals surface area contributed by atoms with Gasteiger partial charge in [-0.1, -0.05) is 0 Å². The smallest absolute Gasteiger partial charge is 0.325 e. The number of hydrogen-bond acceptors (Lipinski definition) is 6. The first-order valence-electron chi connectivity index (χ1n) is 8.19. The van der Waals surface area contributed by atoms with Crippen molar-refractivity contribution >= 4 is 17.0 Å². The van der Waals surface area contributed by atoms with E-state index in [9.17, 15) is 4.79 Å². The van der Waals surface area contributed by atoms with Crippen molar-refractivity contribution in [3.8, 4) is 0 Å². The summed E-state index contributed by atoms with van der Waals surface area (Å²) in [6.07, 6.45) is 4.63. The Balaban J connectivity index is 1.57. The summed E-state index contributed by atoms with van der Waals surface area (Å²) in [4.78, 5) is 18.4. The normalized spacial score (nSPS) is 20.2. The third-order valence-electron chi connectivity index (χ3n) is 4.72. The number of methoxy groups -OCH3 is 1. The van der Waals surface area contributed by atoms with Crippen LogP contribution in [0.4, 0.5) is 0 Å². The quantitative estimate of drug-likeness (QED) is 0.783. The lowest BCUT2D eigenvalue weighted by atomic mass is 10.2. The number of nitrogens with zero attached hydrogens (tertiary/aromatic N) is 3. The Morgan fingerprint density at radius 3 is 3.04 bits per heavy atom.